The Bertz CT molecular complexity index is 1720. The summed E-state index contributed by atoms with van der Waals surface area (Å²) in [6, 6.07) is 26.0. The molecule has 7 nitrogen and oxygen atoms in total. The van der Waals surface area contributed by atoms with Gasteiger partial charge in [0.2, 0.25) is 10.7 Å². The number of carbonyl (C=O) groups excluding carboxylic acids is 2. The Morgan fingerprint density at radius 2 is 1.54 bits per heavy atom. The van der Waals surface area contributed by atoms with Crippen LogP contribution in [0.5, 0.6) is 0 Å². The Labute approximate surface area is 203 Å². The molecule has 1 aromatic heterocycles. The standard InChI is InChI=1S/C27H18N4O3S/c1-16(32)30-20-15-9-8-14-19(20)21(25(30)33)24-26(34)31-27(35-24)28-22(17-10-4-2-5-11-17)23(29-31)18-12-6-3-7-13-18/h2-15,22H,1H3. The summed E-state index contributed by atoms with van der Waals surface area (Å²) in [7, 11) is 0. The fraction of sp³-hybridized carbons (Fsp3) is 0.0741. The van der Waals surface area contributed by atoms with Crippen molar-refractivity contribution in [2.24, 2.45) is 10.1 Å². The zero-order chi connectivity index (χ0) is 24.1. The van der Waals surface area contributed by atoms with Crippen molar-refractivity contribution in [3.8, 4) is 0 Å². The molecule has 170 valence electrons. The lowest BCUT2D eigenvalue weighted by molar-refractivity contribution is -0.122. The van der Waals surface area contributed by atoms with Gasteiger partial charge in [-0.15, -0.1) is 0 Å². The third-order valence-corrected chi connectivity index (χ3v) is 7.07. The first-order valence-electron chi connectivity index (χ1n) is 11.0. The maximum absolute atomic E-state index is 13.6. The van der Waals surface area contributed by atoms with E-state index in [0.717, 1.165) is 27.4 Å². The van der Waals surface area contributed by atoms with Gasteiger partial charge in [-0.05, 0) is 11.6 Å². The molecular formula is C27H18N4O3S. The number of nitrogens with zero attached hydrogens (tertiary/aromatic N) is 4. The van der Waals surface area contributed by atoms with Crippen LogP contribution in [0, 0.1) is 0 Å². The number of amides is 2. The maximum atomic E-state index is 13.6. The minimum absolute atomic E-state index is 0.204. The van der Waals surface area contributed by atoms with Crippen LogP contribution in [0.4, 0.5) is 5.69 Å². The van der Waals surface area contributed by atoms with Crippen molar-refractivity contribution in [2.45, 2.75) is 13.0 Å². The van der Waals surface area contributed by atoms with Gasteiger partial charge in [0, 0.05) is 18.1 Å². The Kier molecular flexibility index (Phi) is 4.89. The van der Waals surface area contributed by atoms with Crippen molar-refractivity contribution in [1.29, 1.82) is 0 Å². The zero-order valence-corrected chi connectivity index (χ0v) is 19.4. The monoisotopic (exact) mass is 478 g/mol. The molecule has 0 aliphatic carbocycles. The molecular weight excluding hydrogens is 460 g/mol. The fourth-order valence-corrected chi connectivity index (χ4v) is 5.49. The van der Waals surface area contributed by atoms with E-state index in [1.54, 1.807) is 24.3 Å². The van der Waals surface area contributed by atoms with E-state index in [1.807, 2.05) is 60.7 Å². The molecule has 0 radical (unpaired) electrons. The van der Waals surface area contributed by atoms with Gasteiger partial charge in [0.05, 0.1) is 17.0 Å². The van der Waals surface area contributed by atoms with E-state index in [9.17, 15) is 14.4 Å². The molecule has 1 unspecified atom stereocenters. The Morgan fingerprint density at radius 3 is 2.26 bits per heavy atom. The number of hydrogen-bond donors (Lipinski definition) is 0. The van der Waals surface area contributed by atoms with Gasteiger partial charge in [-0.25, -0.2) is 9.89 Å². The number of benzene rings is 3. The largest absolute Gasteiger partial charge is 0.291 e. The average Bonchev–Trinajstić information content (AvgIpc) is 3.36. The molecule has 0 spiro atoms. The lowest BCUT2D eigenvalue weighted by Gasteiger charge is -2.19. The van der Waals surface area contributed by atoms with Gasteiger partial charge in [0.15, 0.2) is 0 Å². The summed E-state index contributed by atoms with van der Waals surface area (Å²) >= 11 is 1.12. The molecule has 0 bridgehead atoms. The molecule has 35 heavy (non-hydrogen) atoms. The van der Waals surface area contributed by atoms with E-state index in [0.29, 0.717) is 21.8 Å². The smallest absolute Gasteiger partial charge is 0.274 e. The van der Waals surface area contributed by atoms with E-state index < -0.39 is 23.4 Å². The van der Waals surface area contributed by atoms with Crippen molar-refractivity contribution in [3.05, 3.63) is 121 Å². The normalized spacial score (nSPS) is 18.0. The van der Waals surface area contributed by atoms with Gasteiger partial charge in [-0.1, -0.05) is 90.2 Å². The van der Waals surface area contributed by atoms with E-state index >= 15 is 0 Å². The molecule has 2 aliphatic rings. The van der Waals surface area contributed by atoms with Crippen LogP contribution in [-0.2, 0) is 9.59 Å². The quantitative estimate of drug-likeness (QED) is 0.444. The number of para-hydroxylation sites is 1. The minimum Gasteiger partial charge on any atom is -0.274 e. The minimum atomic E-state index is -0.512. The number of fused-ring (bicyclic) bond motifs is 2. The van der Waals surface area contributed by atoms with Crippen LogP contribution >= 0.6 is 11.3 Å². The summed E-state index contributed by atoms with van der Waals surface area (Å²) in [5.74, 6) is -0.918. The Balaban J connectivity index is 1.65. The first-order valence-corrected chi connectivity index (χ1v) is 11.8. The molecule has 0 fully saturated rings. The number of rotatable bonds is 2. The van der Waals surface area contributed by atoms with Gasteiger partial charge in [-0.3, -0.25) is 14.4 Å². The van der Waals surface area contributed by atoms with Crippen LogP contribution in [0.1, 0.15) is 29.7 Å². The Hall–Kier alpha value is -4.43. The molecule has 6 rings (SSSR count). The summed E-state index contributed by atoms with van der Waals surface area (Å²) < 4.78 is 1.48. The topological polar surface area (TPSA) is 84.1 Å². The molecule has 8 heteroatoms. The molecule has 0 saturated carbocycles. The van der Waals surface area contributed by atoms with Gasteiger partial charge in [0.1, 0.15) is 10.6 Å². The van der Waals surface area contributed by atoms with Gasteiger partial charge >= 0.3 is 0 Å². The number of aromatic nitrogens is 1. The third-order valence-electron chi connectivity index (χ3n) is 6.03. The molecule has 2 amide bonds. The zero-order valence-electron chi connectivity index (χ0n) is 18.6. The molecule has 3 aromatic carbocycles. The van der Waals surface area contributed by atoms with Crippen LogP contribution in [-0.4, -0.2) is 22.2 Å². The van der Waals surface area contributed by atoms with Crippen LogP contribution in [0.25, 0.3) is 5.57 Å². The van der Waals surface area contributed by atoms with E-state index in [4.69, 9.17) is 10.1 Å². The fourth-order valence-electron chi connectivity index (χ4n) is 4.46. The molecule has 1 atom stereocenters. The highest BCUT2D eigenvalue weighted by Gasteiger charge is 2.37. The molecule has 0 saturated heterocycles. The van der Waals surface area contributed by atoms with Gasteiger partial charge in [0.25, 0.3) is 11.5 Å². The van der Waals surface area contributed by atoms with E-state index in [1.165, 1.54) is 11.6 Å². The average molecular weight is 479 g/mol. The summed E-state index contributed by atoms with van der Waals surface area (Å²) in [6.45, 7) is 1.33. The Morgan fingerprint density at radius 1 is 0.886 bits per heavy atom. The number of carbonyl (C=O) groups is 2. The summed E-state index contributed by atoms with van der Waals surface area (Å²) in [4.78, 5) is 45.5. The predicted molar refractivity (Wildman–Crippen MR) is 134 cm³/mol. The van der Waals surface area contributed by atoms with E-state index in [-0.39, 0.29) is 10.1 Å². The highest BCUT2D eigenvalue weighted by molar-refractivity contribution is 7.07. The van der Waals surface area contributed by atoms with Crippen LogP contribution in [0.3, 0.4) is 0 Å². The van der Waals surface area contributed by atoms with Crippen LogP contribution in [0.2, 0.25) is 0 Å². The van der Waals surface area contributed by atoms with Crippen LogP contribution in [0.15, 0.2) is 99.8 Å². The van der Waals surface area contributed by atoms with Crippen molar-refractivity contribution in [3.63, 3.8) is 0 Å². The lowest BCUT2D eigenvalue weighted by Crippen LogP contribution is -2.37. The number of hydrogen-bond acceptors (Lipinski definition) is 6. The number of imide groups is 1. The number of thiazole rings is 1. The van der Waals surface area contributed by atoms with Crippen LogP contribution < -0.4 is 19.8 Å². The van der Waals surface area contributed by atoms with Crippen molar-refractivity contribution < 1.29 is 9.59 Å². The third kappa shape index (κ3) is 3.30. The number of anilines is 1. The van der Waals surface area contributed by atoms with Gasteiger partial charge < -0.3 is 0 Å². The molecule has 4 aromatic rings. The van der Waals surface area contributed by atoms with Crippen molar-refractivity contribution in [1.82, 2.24) is 4.68 Å². The first-order chi connectivity index (χ1) is 17.0. The van der Waals surface area contributed by atoms with Crippen molar-refractivity contribution in [2.75, 3.05) is 4.90 Å². The van der Waals surface area contributed by atoms with Crippen molar-refractivity contribution >= 4 is 40.1 Å². The molecule has 3 heterocycles. The summed E-state index contributed by atoms with van der Waals surface area (Å²) in [6.07, 6.45) is 0. The highest BCUT2D eigenvalue weighted by atomic mass is 32.1. The first kappa shape index (κ1) is 21.1. The van der Waals surface area contributed by atoms with E-state index in [2.05, 4.69) is 0 Å². The highest BCUT2D eigenvalue weighted by Crippen LogP contribution is 2.35. The lowest BCUT2D eigenvalue weighted by atomic mass is 9.97. The molecule has 0 N–H and O–H groups in total. The predicted octanol–water partition coefficient (Wildman–Crippen LogP) is 2.63. The second kappa shape index (κ2) is 8.11. The van der Waals surface area contributed by atoms with Gasteiger partial charge in [-0.2, -0.15) is 9.78 Å². The maximum Gasteiger partial charge on any atom is 0.291 e. The summed E-state index contributed by atoms with van der Waals surface area (Å²) in [5.41, 5.74) is 3.24. The second-order valence-electron chi connectivity index (χ2n) is 8.18. The second-order valence-corrected chi connectivity index (χ2v) is 9.15. The summed E-state index contributed by atoms with van der Waals surface area (Å²) in [5, 5.41) is 4.73. The SMILES string of the molecule is CC(=O)N1C(=O)C(=c2sc3n(c2=O)N=C(c2ccccc2)C(c2ccccc2)N=3)c2ccccc21. The molecule has 2 aliphatic heterocycles.